The number of rotatable bonds is 5. The van der Waals surface area contributed by atoms with E-state index in [0.717, 1.165) is 6.54 Å². The Labute approximate surface area is 153 Å². The van der Waals surface area contributed by atoms with Gasteiger partial charge in [-0.2, -0.15) is 0 Å². The minimum atomic E-state index is -0.662. The zero-order valence-electron chi connectivity index (χ0n) is 14.8. The number of methoxy groups -OCH3 is 1. The van der Waals surface area contributed by atoms with Crippen LogP contribution >= 0.6 is 0 Å². The average molecular weight is 353 g/mol. The molecule has 3 rings (SSSR count). The first-order chi connectivity index (χ1) is 12.6. The fourth-order valence-electron chi connectivity index (χ4n) is 3.29. The van der Waals surface area contributed by atoms with Gasteiger partial charge in [0, 0.05) is 26.2 Å². The van der Waals surface area contributed by atoms with E-state index in [-0.39, 0.29) is 5.91 Å². The standard InChI is InChI=1S/C20H23N3O3/c1-26-18-10-6-5-9-16(18)20(25)23-12-11-22(14-17(23)19(21)24)13-15-7-3-2-4-8-15/h2-10,17H,11-14H2,1H3,(H2,21,24)/t17-/m0/s1. The highest BCUT2D eigenvalue weighted by Crippen LogP contribution is 2.22. The lowest BCUT2D eigenvalue weighted by molar-refractivity contribution is -0.124. The Bertz CT molecular complexity index is 779. The highest BCUT2D eigenvalue weighted by Gasteiger charge is 2.35. The van der Waals surface area contributed by atoms with Gasteiger partial charge >= 0.3 is 0 Å². The predicted molar refractivity (Wildman–Crippen MR) is 98.7 cm³/mol. The Balaban J connectivity index is 1.76. The van der Waals surface area contributed by atoms with Crippen molar-refractivity contribution in [3.05, 3.63) is 65.7 Å². The number of nitrogens with two attached hydrogens (primary N) is 1. The molecule has 2 aromatic carbocycles. The second-order valence-electron chi connectivity index (χ2n) is 6.34. The lowest BCUT2D eigenvalue weighted by Gasteiger charge is -2.40. The Morgan fingerprint density at radius 3 is 2.46 bits per heavy atom. The van der Waals surface area contributed by atoms with E-state index < -0.39 is 11.9 Å². The molecule has 1 atom stereocenters. The normalized spacial score (nSPS) is 17.7. The number of carbonyl (C=O) groups is 2. The molecule has 2 amide bonds. The molecule has 0 aromatic heterocycles. The molecule has 2 N–H and O–H groups in total. The predicted octanol–water partition coefficient (Wildman–Crippen LogP) is 1.51. The van der Waals surface area contributed by atoms with E-state index in [9.17, 15) is 9.59 Å². The summed E-state index contributed by atoms with van der Waals surface area (Å²) in [6.07, 6.45) is 0. The topological polar surface area (TPSA) is 75.9 Å². The van der Waals surface area contributed by atoms with Gasteiger partial charge in [0.2, 0.25) is 5.91 Å². The summed E-state index contributed by atoms with van der Waals surface area (Å²) >= 11 is 0. The van der Waals surface area contributed by atoms with E-state index in [1.54, 1.807) is 29.2 Å². The zero-order valence-corrected chi connectivity index (χ0v) is 14.8. The highest BCUT2D eigenvalue weighted by atomic mass is 16.5. The highest BCUT2D eigenvalue weighted by molar-refractivity contribution is 5.99. The molecule has 0 saturated carbocycles. The maximum Gasteiger partial charge on any atom is 0.258 e. The van der Waals surface area contributed by atoms with E-state index in [4.69, 9.17) is 10.5 Å². The molecule has 1 saturated heterocycles. The molecule has 0 aliphatic carbocycles. The third-order valence-corrected chi connectivity index (χ3v) is 4.64. The third-order valence-electron chi connectivity index (χ3n) is 4.64. The minimum absolute atomic E-state index is 0.231. The zero-order chi connectivity index (χ0) is 18.5. The summed E-state index contributed by atoms with van der Waals surface area (Å²) < 4.78 is 5.28. The minimum Gasteiger partial charge on any atom is -0.496 e. The summed E-state index contributed by atoms with van der Waals surface area (Å²) in [7, 11) is 1.52. The monoisotopic (exact) mass is 353 g/mol. The number of benzene rings is 2. The number of amides is 2. The molecule has 1 aliphatic heterocycles. The van der Waals surface area contributed by atoms with Crippen molar-refractivity contribution >= 4 is 11.8 Å². The summed E-state index contributed by atoms with van der Waals surface area (Å²) in [4.78, 5) is 28.7. The Hall–Kier alpha value is -2.86. The van der Waals surface area contributed by atoms with Gasteiger partial charge in [0.05, 0.1) is 12.7 Å². The molecular weight excluding hydrogens is 330 g/mol. The summed E-state index contributed by atoms with van der Waals surface area (Å²) in [6, 6.07) is 16.4. The van der Waals surface area contributed by atoms with Crippen LogP contribution in [0.4, 0.5) is 0 Å². The molecular formula is C20H23N3O3. The molecule has 0 radical (unpaired) electrons. The molecule has 1 heterocycles. The summed E-state index contributed by atoms with van der Waals surface area (Å²) in [5, 5.41) is 0. The van der Waals surface area contributed by atoms with Gasteiger partial charge in [0.1, 0.15) is 11.8 Å². The van der Waals surface area contributed by atoms with E-state index in [1.165, 1.54) is 12.7 Å². The van der Waals surface area contributed by atoms with Crippen molar-refractivity contribution in [2.24, 2.45) is 5.73 Å². The van der Waals surface area contributed by atoms with E-state index in [1.807, 2.05) is 30.3 Å². The molecule has 1 aliphatic rings. The molecule has 26 heavy (non-hydrogen) atoms. The van der Waals surface area contributed by atoms with Crippen LogP contribution in [-0.2, 0) is 11.3 Å². The van der Waals surface area contributed by atoms with Crippen molar-refractivity contribution in [2.75, 3.05) is 26.7 Å². The van der Waals surface area contributed by atoms with Gasteiger partial charge in [-0.05, 0) is 17.7 Å². The molecule has 136 valence electrons. The van der Waals surface area contributed by atoms with Crippen LogP contribution in [0, 0.1) is 0 Å². The van der Waals surface area contributed by atoms with Gasteiger partial charge < -0.3 is 15.4 Å². The molecule has 0 bridgehead atoms. The van der Waals surface area contributed by atoms with Crippen LogP contribution in [0.15, 0.2) is 54.6 Å². The van der Waals surface area contributed by atoms with E-state index in [2.05, 4.69) is 4.90 Å². The molecule has 2 aromatic rings. The van der Waals surface area contributed by atoms with Gasteiger partial charge in [-0.15, -0.1) is 0 Å². The first-order valence-corrected chi connectivity index (χ1v) is 8.59. The van der Waals surface area contributed by atoms with Gasteiger partial charge in [-0.3, -0.25) is 14.5 Å². The van der Waals surface area contributed by atoms with Crippen LogP contribution in [0.25, 0.3) is 0 Å². The Kier molecular flexibility index (Phi) is 5.53. The van der Waals surface area contributed by atoms with Gasteiger partial charge in [-0.25, -0.2) is 0 Å². The lowest BCUT2D eigenvalue weighted by Crippen LogP contribution is -2.59. The van der Waals surface area contributed by atoms with Crippen molar-refractivity contribution in [1.29, 1.82) is 0 Å². The Morgan fingerprint density at radius 1 is 1.08 bits per heavy atom. The van der Waals surface area contributed by atoms with Crippen LogP contribution in [0.5, 0.6) is 5.75 Å². The van der Waals surface area contributed by atoms with Crippen LogP contribution in [0.3, 0.4) is 0 Å². The quantitative estimate of drug-likeness (QED) is 0.884. The van der Waals surface area contributed by atoms with Crippen LogP contribution < -0.4 is 10.5 Å². The second kappa shape index (κ2) is 8.01. The van der Waals surface area contributed by atoms with E-state index >= 15 is 0 Å². The first-order valence-electron chi connectivity index (χ1n) is 8.59. The summed E-state index contributed by atoms with van der Waals surface area (Å²) in [6.45, 7) is 2.27. The van der Waals surface area contributed by atoms with Crippen molar-refractivity contribution in [1.82, 2.24) is 9.80 Å². The number of piperazine rings is 1. The first kappa shape index (κ1) is 17.9. The molecule has 6 heteroatoms. The van der Waals surface area contributed by atoms with Gasteiger partial charge in [-0.1, -0.05) is 42.5 Å². The lowest BCUT2D eigenvalue weighted by atomic mass is 10.1. The number of carbonyl (C=O) groups excluding carboxylic acids is 2. The van der Waals surface area contributed by atoms with Crippen LogP contribution in [0.1, 0.15) is 15.9 Å². The van der Waals surface area contributed by atoms with Crippen molar-refractivity contribution in [2.45, 2.75) is 12.6 Å². The SMILES string of the molecule is COc1ccccc1C(=O)N1CCN(Cc2ccccc2)C[C@H]1C(N)=O. The number of para-hydroxylation sites is 1. The summed E-state index contributed by atoms with van der Waals surface area (Å²) in [5.41, 5.74) is 7.22. The van der Waals surface area contributed by atoms with Gasteiger partial charge in [0.25, 0.3) is 5.91 Å². The van der Waals surface area contributed by atoms with Crippen molar-refractivity contribution in [3.8, 4) is 5.75 Å². The fourth-order valence-corrected chi connectivity index (χ4v) is 3.29. The number of ether oxygens (including phenoxy) is 1. The molecule has 0 unspecified atom stereocenters. The smallest absolute Gasteiger partial charge is 0.258 e. The van der Waals surface area contributed by atoms with Crippen molar-refractivity contribution in [3.63, 3.8) is 0 Å². The summed E-state index contributed by atoms with van der Waals surface area (Å²) in [5.74, 6) is -0.232. The number of hydrogen-bond acceptors (Lipinski definition) is 4. The largest absolute Gasteiger partial charge is 0.496 e. The fraction of sp³-hybridized carbons (Fsp3) is 0.300. The van der Waals surface area contributed by atoms with Crippen molar-refractivity contribution < 1.29 is 14.3 Å². The molecule has 1 fully saturated rings. The second-order valence-corrected chi connectivity index (χ2v) is 6.34. The van der Waals surface area contributed by atoms with Crippen LogP contribution in [0.2, 0.25) is 0 Å². The third kappa shape index (κ3) is 3.86. The Morgan fingerprint density at radius 2 is 1.77 bits per heavy atom. The maximum absolute atomic E-state index is 13.0. The molecule has 6 nitrogen and oxygen atoms in total. The average Bonchev–Trinajstić information content (AvgIpc) is 2.68. The maximum atomic E-state index is 13.0. The number of nitrogens with zero attached hydrogens (tertiary/aromatic N) is 2. The van der Waals surface area contributed by atoms with E-state index in [0.29, 0.717) is 30.9 Å². The molecule has 0 spiro atoms. The van der Waals surface area contributed by atoms with Crippen LogP contribution in [-0.4, -0.2) is 54.4 Å². The number of hydrogen-bond donors (Lipinski definition) is 1. The van der Waals surface area contributed by atoms with Gasteiger partial charge in [0.15, 0.2) is 0 Å². The number of primary amides is 1.